The van der Waals surface area contributed by atoms with E-state index in [-0.39, 0.29) is 18.0 Å². The first-order valence-corrected chi connectivity index (χ1v) is 11.3. The van der Waals surface area contributed by atoms with Crippen LogP contribution in [0.15, 0.2) is 73.2 Å². The van der Waals surface area contributed by atoms with E-state index in [1.807, 2.05) is 48.7 Å². The fourth-order valence-electron chi connectivity index (χ4n) is 4.24. The Hall–Kier alpha value is -3.84. The first-order valence-electron chi connectivity index (χ1n) is 11.3. The van der Waals surface area contributed by atoms with Crippen LogP contribution < -0.4 is 16.4 Å². The van der Waals surface area contributed by atoms with Crippen molar-refractivity contribution < 1.29 is 4.79 Å². The van der Waals surface area contributed by atoms with Gasteiger partial charge in [-0.2, -0.15) is 0 Å². The molecule has 2 heterocycles. The zero-order valence-electron chi connectivity index (χ0n) is 18.2. The first-order chi connectivity index (χ1) is 16.2. The Kier molecular flexibility index (Phi) is 5.95. The molecule has 5 rings (SSSR count). The van der Waals surface area contributed by atoms with Crippen molar-refractivity contribution in [1.29, 1.82) is 0 Å². The summed E-state index contributed by atoms with van der Waals surface area (Å²) < 4.78 is 0. The fourth-order valence-corrected chi connectivity index (χ4v) is 4.24. The number of nitrogens with zero attached hydrogens (tertiary/aromatic N) is 3. The van der Waals surface area contributed by atoms with Crippen molar-refractivity contribution in [2.75, 3.05) is 5.32 Å². The maximum Gasteiger partial charge on any atom is 0.251 e. The van der Waals surface area contributed by atoms with Crippen LogP contribution in [0.1, 0.15) is 36.0 Å². The highest BCUT2D eigenvalue weighted by atomic mass is 16.1. The van der Waals surface area contributed by atoms with Gasteiger partial charge in [-0.25, -0.2) is 9.97 Å². The molecule has 1 aliphatic rings. The Morgan fingerprint density at radius 2 is 1.76 bits per heavy atom. The number of rotatable bonds is 5. The van der Waals surface area contributed by atoms with Gasteiger partial charge in [0.05, 0.1) is 11.2 Å². The molecule has 4 N–H and O–H groups in total. The minimum atomic E-state index is -0.0861. The van der Waals surface area contributed by atoms with Gasteiger partial charge in [-0.05, 0) is 49.2 Å². The van der Waals surface area contributed by atoms with E-state index >= 15 is 0 Å². The van der Waals surface area contributed by atoms with Gasteiger partial charge in [-0.1, -0.05) is 31.0 Å². The van der Waals surface area contributed by atoms with Crippen LogP contribution in [0.3, 0.4) is 0 Å². The van der Waals surface area contributed by atoms with Gasteiger partial charge in [0, 0.05) is 46.5 Å². The molecular weight excluding hydrogens is 412 g/mol. The second-order valence-electron chi connectivity index (χ2n) is 8.44. The summed E-state index contributed by atoms with van der Waals surface area (Å²) in [5.41, 5.74) is 10.3. The van der Waals surface area contributed by atoms with Gasteiger partial charge in [0.25, 0.3) is 5.91 Å². The minimum absolute atomic E-state index is 0.0356. The van der Waals surface area contributed by atoms with E-state index in [0.29, 0.717) is 11.4 Å². The molecule has 1 aliphatic carbocycles. The molecule has 1 saturated carbocycles. The number of carbonyl (C=O) groups is 1. The summed E-state index contributed by atoms with van der Waals surface area (Å²) in [6, 6.07) is 19.4. The predicted octanol–water partition coefficient (Wildman–Crippen LogP) is 4.44. The summed E-state index contributed by atoms with van der Waals surface area (Å²) in [7, 11) is 0. The van der Waals surface area contributed by atoms with Crippen molar-refractivity contribution in [3.05, 3.63) is 78.8 Å². The molecular formula is C26H26N6O. The highest BCUT2D eigenvalue weighted by Crippen LogP contribution is 2.24. The van der Waals surface area contributed by atoms with Gasteiger partial charge in [0.1, 0.15) is 12.1 Å². The number of nitrogens with one attached hydrogen (secondary N) is 2. The lowest BCUT2D eigenvalue weighted by atomic mass is 9.91. The van der Waals surface area contributed by atoms with E-state index < -0.39 is 0 Å². The van der Waals surface area contributed by atoms with E-state index in [9.17, 15) is 4.79 Å². The number of para-hydroxylation sites is 1. The molecule has 4 aromatic rings. The Bertz CT molecular complexity index is 1270. The molecule has 2 aromatic carbocycles. The largest absolute Gasteiger partial charge is 0.348 e. The molecule has 1 fully saturated rings. The third-order valence-electron chi connectivity index (χ3n) is 6.11. The van der Waals surface area contributed by atoms with Crippen LogP contribution in [0, 0.1) is 0 Å². The second-order valence-corrected chi connectivity index (χ2v) is 8.44. The molecule has 1 amide bonds. The van der Waals surface area contributed by atoms with Crippen LogP contribution in [0.4, 0.5) is 11.5 Å². The van der Waals surface area contributed by atoms with E-state index in [2.05, 4.69) is 31.7 Å². The average molecular weight is 439 g/mol. The Balaban J connectivity index is 1.28. The number of nitrogens with two attached hydrogens (primary N) is 1. The molecule has 166 valence electrons. The van der Waals surface area contributed by atoms with Crippen LogP contribution in [0.2, 0.25) is 0 Å². The number of amides is 1. The van der Waals surface area contributed by atoms with E-state index in [4.69, 9.17) is 5.73 Å². The SMILES string of the molecule is N[C@H]1CCCC[C@@H]1NC(=O)c1ccc(Nc2cc(-c3cnc4ccccc4c3)ncn2)cc1. The van der Waals surface area contributed by atoms with Crippen LogP contribution in [0.5, 0.6) is 0 Å². The molecule has 0 radical (unpaired) electrons. The van der Waals surface area contributed by atoms with Crippen molar-refractivity contribution in [3.63, 3.8) is 0 Å². The molecule has 0 spiro atoms. The van der Waals surface area contributed by atoms with E-state index in [0.717, 1.165) is 53.5 Å². The summed E-state index contributed by atoms with van der Waals surface area (Å²) in [5, 5.41) is 7.43. The highest BCUT2D eigenvalue weighted by molar-refractivity contribution is 5.94. The zero-order valence-corrected chi connectivity index (χ0v) is 18.2. The number of pyridine rings is 1. The zero-order chi connectivity index (χ0) is 22.6. The Morgan fingerprint density at radius 3 is 2.61 bits per heavy atom. The number of hydrogen-bond acceptors (Lipinski definition) is 6. The number of benzene rings is 2. The van der Waals surface area contributed by atoms with Crippen molar-refractivity contribution in [2.24, 2.45) is 5.73 Å². The van der Waals surface area contributed by atoms with Gasteiger partial charge in [-0.15, -0.1) is 0 Å². The van der Waals surface area contributed by atoms with Crippen LogP contribution in [0.25, 0.3) is 22.2 Å². The Labute approximate surface area is 192 Å². The lowest BCUT2D eigenvalue weighted by Gasteiger charge is -2.29. The number of fused-ring (bicyclic) bond motifs is 1. The van der Waals surface area contributed by atoms with E-state index in [1.165, 1.54) is 6.33 Å². The average Bonchev–Trinajstić information content (AvgIpc) is 2.86. The molecule has 0 saturated heterocycles. The van der Waals surface area contributed by atoms with Gasteiger partial charge in [0.2, 0.25) is 0 Å². The molecule has 7 nitrogen and oxygen atoms in total. The van der Waals surface area contributed by atoms with Crippen molar-refractivity contribution in [3.8, 4) is 11.3 Å². The fraction of sp³-hybridized carbons (Fsp3) is 0.231. The van der Waals surface area contributed by atoms with Crippen molar-refractivity contribution in [1.82, 2.24) is 20.3 Å². The summed E-state index contributed by atoms with van der Waals surface area (Å²) >= 11 is 0. The van der Waals surface area contributed by atoms with Gasteiger partial charge in [0.15, 0.2) is 0 Å². The van der Waals surface area contributed by atoms with Crippen LogP contribution in [-0.4, -0.2) is 32.9 Å². The predicted molar refractivity (Wildman–Crippen MR) is 130 cm³/mol. The quantitative estimate of drug-likeness (QED) is 0.425. The summed E-state index contributed by atoms with van der Waals surface area (Å²) in [5.74, 6) is 0.579. The summed E-state index contributed by atoms with van der Waals surface area (Å²) in [6.45, 7) is 0. The van der Waals surface area contributed by atoms with Crippen molar-refractivity contribution >= 4 is 28.3 Å². The smallest absolute Gasteiger partial charge is 0.251 e. The molecule has 2 atom stereocenters. The Morgan fingerprint density at radius 1 is 0.939 bits per heavy atom. The second kappa shape index (κ2) is 9.34. The minimum Gasteiger partial charge on any atom is -0.348 e. The van der Waals surface area contributed by atoms with Gasteiger partial charge < -0.3 is 16.4 Å². The first kappa shape index (κ1) is 21.0. The summed E-state index contributed by atoms with van der Waals surface area (Å²) in [4.78, 5) is 25.9. The molecule has 0 unspecified atom stereocenters. The summed E-state index contributed by atoms with van der Waals surface area (Å²) in [6.07, 6.45) is 7.50. The monoisotopic (exact) mass is 438 g/mol. The molecule has 0 aliphatic heterocycles. The van der Waals surface area contributed by atoms with Crippen molar-refractivity contribution in [2.45, 2.75) is 37.8 Å². The maximum atomic E-state index is 12.6. The molecule has 33 heavy (non-hydrogen) atoms. The third kappa shape index (κ3) is 4.83. The number of carbonyl (C=O) groups excluding carboxylic acids is 1. The normalized spacial score (nSPS) is 18.1. The molecule has 7 heteroatoms. The lowest BCUT2D eigenvalue weighted by molar-refractivity contribution is 0.0921. The topological polar surface area (TPSA) is 106 Å². The van der Waals surface area contributed by atoms with Gasteiger partial charge >= 0.3 is 0 Å². The molecule has 2 aromatic heterocycles. The number of aromatic nitrogens is 3. The third-order valence-corrected chi connectivity index (χ3v) is 6.11. The standard InChI is InChI=1S/C26H26N6O/c27-21-6-2-4-8-23(21)32-26(33)17-9-11-20(12-10-17)31-25-14-24(29-16-30-25)19-13-18-5-1-3-7-22(18)28-15-19/h1,3,5,7,9-16,21,23H,2,4,6,8,27H2,(H,32,33)(H,29,30,31)/t21-,23-/m0/s1. The number of hydrogen-bond donors (Lipinski definition) is 3. The lowest BCUT2D eigenvalue weighted by Crippen LogP contribution is -2.49. The van der Waals surface area contributed by atoms with E-state index in [1.54, 1.807) is 12.1 Å². The maximum absolute atomic E-state index is 12.6. The van der Waals surface area contributed by atoms with Gasteiger partial charge in [-0.3, -0.25) is 9.78 Å². The van der Waals surface area contributed by atoms with Crippen LogP contribution >= 0.6 is 0 Å². The number of anilines is 2. The molecule has 0 bridgehead atoms. The van der Waals surface area contributed by atoms with Crippen LogP contribution in [-0.2, 0) is 0 Å². The highest BCUT2D eigenvalue weighted by Gasteiger charge is 2.23.